The molecule has 0 aliphatic heterocycles. The third-order valence-corrected chi connectivity index (χ3v) is 5.30. The van der Waals surface area contributed by atoms with Crippen LogP contribution in [0.3, 0.4) is 0 Å². The number of amides is 1. The van der Waals surface area contributed by atoms with Crippen LogP contribution in [0.2, 0.25) is 0 Å². The summed E-state index contributed by atoms with van der Waals surface area (Å²) in [6, 6.07) is 27.7. The van der Waals surface area contributed by atoms with Gasteiger partial charge in [0.15, 0.2) is 0 Å². The smallest absolute Gasteiger partial charge is 0.343 e. The lowest BCUT2D eigenvalue weighted by atomic mass is 10.0. The first-order valence-electron chi connectivity index (χ1n) is 9.95. The van der Waals surface area contributed by atoms with Crippen molar-refractivity contribution in [1.82, 2.24) is 5.43 Å². The highest BCUT2D eigenvalue weighted by molar-refractivity contribution is 9.10. The summed E-state index contributed by atoms with van der Waals surface area (Å²) in [5.41, 5.74) is 4.47. The van der Waals surface area contributed by atoms with Crippen molar-refractivity contribution in [2.75, 3.05) is 0 Å². The largest absolute Gasteiger partial charge is 0.422 e. The average Bonchev–Trinajstić information content (AvgIpc) is 2.81. The minimum Gasteiger partial charge on any atom is -0.422 e. The number of halogens is 1. The Morgan fingerprint density at radius 2 is 1.66 bits per heavy atom. The Hall–Kier alpha value is -3.77. The molecule has 0 saturated carbocycles. The molecule has 0 spiro atoms. The summed E-state index contributed by atoms with van der Waals surface area (Å²) in [5, 5.41) is 6.18. The summed E-state index contributed by atoms with van der Waals surface area (Å²) in [6.45, 7) is 0. The zero-order valence-electron chi connectivity index (χ0n) is 17.0. The SMILES string of the molecule is O=C(Cc1cccc2ccccc12)NN=Cc1cc(Br)ccc1OC(=O)c1ccccc1. The topological polar surface area (TPSA) is 67.8 Å². The van der Waals surface area contributed by atoms with Crippen LogP contribution in [0.25, 0.3) is 10.8 Å². The van der Waals surface area contributed by atoms with E-state index in [1.165, 1.54) is 6.21 Å². The molecule has 4 aromatic carbocycles. The second kappa shape index (κ2) is 10.0. The molecule has 0 atom stereocenters. The molecule has 0 radical (unpaired) electrons. The molecule has 0 unspecified atom stereocenters. The monoisotopic (exact) mass is 486 g/mol. The van der Waals surface area contributed by atoms with Crippen LogP contribution in [0, 0.1) is 0 Å². The van der Waals surface area contributed by atoms with Crippen molar-refractivity contribution in [2.24, 2.45) is 5.10 Å². The van der Waals surface area contributed by atoms with Crippen molar-refractivity contribution in [2.45, 2.75) is 6.42 Å². The first kappa shape index (κ1) is 21.5. The molecule has 1 N–H and O–H groups in total. The summed E-state index contributed by atoms with van der Waals surface area (Å²) < 4.78 is 6.32. The fourth-order valence-corrected chi connectivity index (χ4v) is 3.66. The number of rotatable bonds is 6. The molecule has 0 saturated heterocycles. The third kappa shape index (κ3) is 5.28. The predicted octanol–water partition coefficient (Wildman–Crippen LogP) is 5.51. The van der Waals surface area contributed by atoms with Gasteiger partial charge in [0.25, 0.3) is 0 Å². The molecule has 4 rings (SSSR count). The minimum atomic E-state index is -0.470. The van der Waals surface area contributed by atoms with Gasteiger partial charge in [-0.1, -0.05) is 76.6 Å². The molecule has 0 aliphatic carbocycles. The van der Waals surface area contributed by atoms with Crippen molar-refractivity contribution in [3.05, 3.63) is 112 Å². The highest BCUT2D eigenvalue weighted by Gasteiger charge is 2.11. The molecule has 4 aromatic rings. The van der Waals surface area contributed by atoms with Gasteiger partial charge in [0.1, 0.15) is 5.75 Å². The molecule has 0 bridgehead atoms. The molecule has 32 heavy (non-hydrogen) atoms. The van der Waals surface area contributed by atoms with Crippen LogP contribution in [0.15, 0.2) is 101 Å². The van der Waals surface area contributed by atoms with Crippen molar-refractivity contribution < 1.29 is 14.3 Å². The van der Waals surface area contributed by atoms with Gasteiger partial charge >= 0.3 is 5.97 Å². The lowest BCUT2D eigenvalue weighted by Crippen LogP contribution is -2.20. The molecule has 158 valence electrons. The summed E-state index contributed by atoms with van der Waals surface area (Å²) in [5.74, 6) is -0.368. The number of esters is 1. The number of carbonyl (C=O) groups is 2. The first-order valence-corrected chi connectivity index (χ1v) is 10.7. The van der Waals surface area contributed by atoms with Gasteiger partial charge in [-0.05, 0) is 46.7 Å². The summed E-state index contributed by atoms with van der Waals surface area (Å²) in [7, 11) is 0. The van der Waals surface area contributed by atoms with E-state index in [1.54, 1.807) is 42.5 Å². The Balaban J connectivity index is 1.45. The predicted molar refractivity (Wildman–Crippen MR) is 129 cm³/mol. The zero-order valence-corrected chi connectivity index (χ0v) is 18.6. The van der Waals surface area contributed by atoms with E-state index < -0.39 is 5.97 Å². The van der Waals surface area contributed by atoms with Crippen LogP contribution in [0.1, 0.15) is 21.5 Å². The number of carbonyl (C=O) groups excluding carboxylic acids is 2. The van der Waals surface area contributed by atoms with Crippen LogP contribution in [0.4, 0.5) is 0 Å². The fraction of sp³-hybridized carbons (Fsp3) is 0.0385. The molecule has 5 nitrogen and oxygen atoms in total. The van der Waals surface area contributed by atoms with E-state index >= 15 is 0 Å². The van der Waals surface area contributed by atoms with E-state index in [9.17, 15) is 9.59 Å². The Kier molecular flexibility index (Phi) is 6.72. The van der Waals surface area contributed by atoms with Gasteiger partial charge in [-0.3, -0.25) is 4.79 Å². The van der Waals surface area contributed by atoms with Crippen LogP contribution in [-0.4, -0.2) is 18.1 Å². The maximum absolute atomic E-state index is 12.4. The maximum Gasteiger partial charge on any atom is 0.343 e. The Morgan fingerprint density at radius 1 is 0.906 bits per heavy atom. The molecule has 0 heterocycles. The van der Waals surface area contributed by atoms with E-state index in [-0.39, 0.29) is 12.3 Å². The Morgan fingerprint density at radius 3 is 2.50 bits per heavy atom. The molecular formula is C26H19BrN2O3. The van der Waals surface area contributed by atoms with Gasteiger partial charge in [-0.25, -0.2) is 10.2 Å². The standard InChI is InChI=1S/C26H19BrN2O3/c27-22-13-14-24(32-26(31)19-8-2-1-3-9-19)21(15-22)17-28-29-25(30)16-20-11-6-10-18-7-4-5-12-23(18)20/h1-15,17H,16H2,(H,29,30). The number of fused-ring (bicyclic) bond motifs is 1. The van der Waals surface area contributed by atoms with Crippen molar-refractivity contribution in [3.8, 4) is 5.75 Å². The van der Waals surface area contributed by atoms with Gasteiger partial charge in [0.2, 0.25) is 5.91 Å². The number of benzene rings is 4. The van der Waals surface area contributed by atoms with Gasteiger partial charge in [0.05, 0.1) is 18.2 Å². The van der Waals surface area contributed by atoms with Gasteiger partial charge in [-0.2, -0.15) is 5.10 Å². The van der Waals surface area contributed by atoms with E-state index in [0.29, 0.717) is 16.9 Å². The van der Waals surface area contributed by atoms with E-state index in [0.717, 1.165) is 20.8 Å². The number of hydrazone groups is 1. The second-order valence-electron chi connectivity index (χ2n) is 7.05. The molecule has 6 heteroatoms. The second-order valence-corrected chi connectivity index (χ2v) is 7.96. The van der Waals surface area contributed by atoms with Crippen molar-refractivity contribution >= 4 is 44.8 Å². The number of ether oxygens (including phenoxy) is 1. The van der Waals surface area contributed by atoms with Gasteiger partial charge < -0.3 is 4.74 Å². The molecule has 0 aromatic heterocycles. The van der Waals surface area contributed by atoms with Crippen LogP contribution < -0.4 is 10.2 Å². The van der Waals surface area contributed by atoms with Crippen LogP contribution >= 0.6 is 15.9 Å². The van der Waals surface area contributed by atoms with Gasteiger partial charge in [0, 0.05) is 10.0 Å². The number of hydrogen-bond acceptors (Lipinski definition) is 4. The Labute approximate surface area is 193 Å². The average molecular weight is 487 g/mol. The molecule has 0 aliphatic rings. The van der Waals surface area contributed by atoms with Crippen molar-refractivity contribution in [1.29, 1.82) is 0 Å². The molecule has 0 fully saturated rings. The van der Waals surface area contributed by atoms with E-state index in [4.69, 9.17) is 4.74 Å². The lowest BCUT2D eigenvalue weighted by Gasteiger charge is -2.08. The molecule has 1 amide bonds. The normalized spacial score (nSPS) is 10.9. The number of nitrogens with zero attached hydrogens (tertiary/aromatic N) is 1. The van der Waals surface area contributed by atoms with Crippen LogP contribution in [-0.2, 0) is 11.2 Å². The Bertz CT molecular complexity index is 1300. The summed E-state index contributed by atoms with van der Waals surface area (Å²) >= 11 is 3.41. The van der Waals surface area contributed by atoms with Gasteiger partial charge in [-0.15, -0.1) is 0 Å². The van der Waals surface area contributed by atoms with E-state index in [2.05, 4.69) is 26.5 Å². The highest BCUT2D eigenvalue weighted by Crippen LogP contribution is 2.23. The quantitative estimate of drug-likeness (QED) is 0.169. The lowest BCUT2D eigenvalue weighted by molar-refractivity contribution is -0.120. The fourth-order valence-electron chi connectivity index (χ4n) is 3.28. The maximum atomic E-state index is 12.4. The highest BCUT2D eigenvalue weighted by atomic mass is 79.9. The summed E-state index contributed by atoms with van der Waals surface area (Å²) in [6.07, 6.45) is 1.66. The minimum absolute atomic E-state index is 0.201. The zero-order chi connectivity index (χ0) is 22.3. The number of hydrogen-bond donors (Lipinski definition) is 1. The van der Waals surface area contributed by atoms with Crippen LogP contribution in [0.5, 0.6) is 5.75 Å². The van der Waals surface area contributed by atoms with Crippen molar-refractivity contribution in [3.63, 3.8) is 0 Å². The first-order chi connectivity index (χ1) is 15.6. The third-order valence-electron chi connectivity index (χ3n) is 4.81. The van der Waals surface area contributed by atoms with E-state index in [1.807, 2.05) is 48.5 Å². The number of nitrogens with one attached hydrogen (secondary N) is 1. The molecular weight excluding hydrogens is 468 g/mol. The summed E-state index contributed by atoms with van der Waals surface area (Å²) in [4.78, 5) is 24.8.